The number of hydrogen-bond acceptors (Lipinski definition) is 6. The number of ether oxygens (including phenoxy) is 2. The summed E-state index contributed by atoms with van der Waals surface area (Å²) in [6.45, 7) is 5.62. The van der Waals surface area contributed by atoms with Crippen molar-refractivity contribution in [3.8, 4) is 0 Å². The zero-order valence-electron chi connectivity index (χ0n) is 15.0. The second kappa shape index (κ2) is 6.75. The highest BCUT2D eigenvalue weighted by atomic mass is 32.1. The van der Waals surface area contributed by atoms with E-state index in [0.717, 1.165) is 25.7 Å². The molecule has 1 atom stereocenters. The maximum atomic E-state index is 12.9. The average molecular weight is 377 g/mol. The van der Waals surface area contributed by atoms with Crippen molar-refractivity contribution in [1.29, 1.82) is 0 Å². The molecule has 0 radical (unpaired) electrons. The Balaban J connectivity index is 1.55. The van der Waals surface area contributed by atoms with Gasteiger partial charge in [0.1, 0.15) is 10.7 Å². The molecule has 2 aromatic rings. The lowest BCUT2D eigenvalue weighted by atomic mass is 9.84. The third-order valence-corrected chi connectivity index (χ3v) is 6.54. The molecule has 2 N–H and O–H groups in total. The number of nitrogens with one attached hydrogen (secondary N) is 2. The molecule has 2 aliphatic heterocycles. The van der Waals surface area contributed by atoms with Crippen LogP contribution in [0.3, 0.4) is 0 Å². The number of carbonyl (C=O) groups excluding carboxylic acids is 1. The third-order valence-electron chi connectivity index (χ3n) is 5.36. The van der Waals surface area contributed by atoms with Gasteiger partial charge in [-0.15, -0.1) is 11.3 Å². The van der Waals surface area contributed by atoms with Crippen molar-refractivity contribution in [1.82, 2.24) is 15.3 Å². The number of thiophene rings is 1. The predicted molar refractivity (Wildman–Crippen MR) is 98.9 cm³/mol. The average Bonchev–Trinajstić information content (AvgIpc) is 2.92. The van der Waals surface area contributed by atoms with Crippen molar-refractivity contribution in [2.75, 3.05) is 19.8 Å². The van der Waals surface area contributed by atoms with Gasteiger partial charge in [0.25, 0.3) is 11.5 Å². The molecule has 4 heterocycles. The van der Waals surface area contributed by atoms with E-state index in [2.05, 4.69) is 15.3 Å². The number of nitrogens with zero attached hydrogens (tertiary/aromatic N) is 1. The maximum Gasteiger partial charge on any atom is 0.261 e. The van der Waals surface area contributed by atoms with Crippen LogP contribution in [-0.4, -0.2) is 47.3 Å². The van der Waals surface area contributed by atoms with Gasteiger partial charge in [0, 0.05) is 25.9 Å². The van der Waals surface area contributed by atoms with Gasteiger partial charge in [-0.25, -0.2) is 4.98 Å². The molecule has 2 aliphatic rings. The summed E-state index contributed by atoms with van der Waals surface area (Å²) < 4.78 is 11.5. The molecule has 2 saturated heterocycles. The maximum absolute atomic E-state index is 12.9. The van der Waals surface area contributed by atoms with E-state index in [-0.39, 0.29) is 23.1 Å². The van der Waals surface area contributed by atoms with Crippen LogP contribution in [0, 0.1) is 13.8 Å². The lowest BCUT2D eigenvalue weighted by molar-refractivity contribution is -0.139. The van der Waals surface area contributed by atoms with Crippen LogP contribution < -0.4 is 10.9 Å². The van der Waals surface area contributed by atoms with E-state index in [0.29, 0.717) is 46.3 Å². The lowest BCUT2D eigenvalue weighted by Gasteiger charge is -2.43. The third kappa shape index (κ3) is 3.17. The van der Waals surface area contributed by atoms with Gasteiger partial charge >= 0.3 is 0 Å². The Morgan fingerprint density at radius 1 is 1.31 bits per heavy atom. The number of fused-ring (bicyclic) bond motifs is 1. The number of aromatic amines is 1. The number of aryl methyl sites for hydroxylation is 2. The van der Waals surface area contributed by atoms with Gasteiger partial charge in [0.15, 0.2) is 0 Å². The molecule has 0 aliphatic carbocycles. The molecular weight excluding hydrogens is 354 g/mol. The van der Waals surface area contributed by atoms with Crippen molar-refractivity contribution in [3.63, 3.8) is 0 Å². The first-order valence-electron chi connectivity index (χ1n) is 9.00. The molecular formula is C18H23N3O4S. The van der Waals surface area contributed by atoms with Crippen molar-refractivity contribution in [2.24, 2.45) is 0 Å². The number of rotatable bonds is 2. The van der Waals surface area contributed by atoms with E-state index >= 15 is 0 Å². The van der Waals surface area contributed by atoms with E-state index in [4.69, 9.17) is 9.47 Å². The molecule has 0 saturated carbocycles. The monoisotopic (exact) mass is 377 g/mol. The van der Waals surface area contributed by atoms with Crippen LogP contribution in [0.15, 0.2) is 4.79 Å². The molecule has 1 unspecified atom stereocenters. The van der Waals surface area contributed by atoms with Gasteiger partial charge in [-0.2, -0.15) is 0 Å². The molecule has 1 amide bonds. The first-order chi connectivity index (χ1) is 12.5. The summed E-state index contributed by atoms with van der Waals surface area (Å²) in [5.74, 6) is 0.429. The summed E-state index contributed by atoms with van der Waals surface area (Å²) in [5, 5.41) is 3.67. The standard InChI is InChI=1S/C18H23N3O4S/c1-10-13-15(22)19-11(2)20-17(13)26-14(10)16(23)21-12-3-6-25-18(9-12)4-7-24-8-5-18/h12H,3-9H2,1-2H3,(H,21,23)(H,19,20,22). The minimum Gasteiger partial charge on any atom is -0.381 e. The zero-order chi connectivity index (χ0) is 18.3. The van der Waals surface area contributed by atoms with Crippen LogP contribution >= 0.6 is 11.3 Å². The van der Waals surface area contributed by atoms with Gasteiger partial charge < -0.3 is 19.8 Å². The SMILES string of the molecule is Cc1nc2sc(C(=O)NC3CCOC4(CCOCC4)C3)c(C)c2c(=O)[nH]1. The summed E-state index contributed by atoms with van der Waals surface area (Å²) in [4.78, 5) is 33.3. The Kier molecular flexibility index (Phi) is 4.58. The van der Waals surface area contributed by atoms with E-state index in [1.807, 2.05) is 6.92 Å². The predicted octanol–water partition coefficient (Wildman–Crippen LogP) is 2.06. The lowest BCUT2D eigenvalue weighted by Crippen LogP contribution is -2.51. The van der Waals surface area contributed by atoms with Crippen LogP contribution in [0.5, 0.6) is 0 Å². The minimum absolute atomic E-state index is 0.0759. The molecule has 7 nitrogen and oxygen atoms in total. The number of aromatic nitrogens is 2. The second-order valence-electron chi connectivity index (χ2n) is 7.19. The Morgan fingerprint density at radius 3 is 2.85 bits per heavy atom. The zero-order valence-corrected chi connectivity index (χ0v) is 15.8. The first kappa shape index (κ1) is 17.6. The van der Waals surface area contributed by atoms with Crippen molar-refractivity contribution >= 4 is 27.5 Å². The van der Waals surface area contributed by atoms with Gasteiger partial charge in [-0.1, -0.05) is 0 Å². The Bertz CT molecular complexity index is 892. The van der Waals surface area contributed by atoms with E-state index < -0.39 is 0 Å². The highest BCUT2D eigenvalue weighted by Crippen LogP contribution is 2.35. The second-order valence-corrected chi connectivity index (χ2v) is 8.19. The molecule has 2 fully saturated rings. The highest BCUT2D eigenvalue weighted by molar-refractivity contribution is 7.20. The van der Waals surface area contributed by atoms with E-state index in [1.165, 1.54) is 11.3 Å². The Morgan fingerprint density at radius 2 is 2.08 bits per heavy atom. The van der Waals surface area contributed by atoms with Crippen molar-refractivity contribution in [3.05, 3.63) is 26.6 Å². The highest BCUT2D eigenvalue weighted by Gasteiger charge is 2.39. The fraction of sp³-hybridized carbons (Fsp3) is 0.611. The molecule has 4 rings (SSSR count). The topological polar surface area (TPSA) is 93.3 Å². The number of carbonyl (C=O) groups is 1. The smallest absolute Gasteiger partial charge is 0.261 e. The molecule has 8 heteroatoms. The largest absolute Gasteiger partial charge is 0.381 e. The van der Waals surface area contributed by atoms with Crippen LogP contribution in [0.4, 0.5) is 0 Å². The number of amides is 1. The van der Waals surface area contributed by atoms with Gasteiger partial charge in [0.05, 0.1) is 15.9 Å². The number of hydrogen-bond donors (Lipinski definition) is 2. The first-order valence-corrected chi connectivity index (χ1v) is 9.82. The van der Waals surface area contributed by atoms with Crippen LogP contribution in [0.25, 0.3) is 10.2 Å². The van der Waals surface area contributed by atoms with Gasteiger partial charge in [-0.05, 0) is 45.1 Å². The quantitative estimate of drug-likeness (QED) is 0.836. The molecule has 0 bridgehead atoms. The summed E-state index contributed by atoms with van der Waals surface area (Å²) in [5.41, 5.74) is 0.344. The van der Waals surface area contributed by atoms with Gasteiger partial charge in [-0.3, -0.25) is 9.59 Å². The Labute approximate surface area is 155 Å². The molecule has 1 spiro atoms. The fourth-order valence-electron chi connectivity index (χ4n) is 3.96. The summed E-state index contributed by atoms with van der Waals surface area (Å²) >= 11 is 1.28. The van der Waals surface area contributed by atoms with Crippen LogP contribution in [-0.2, 0) is 9.47 Å². The van der Waals surface area contributed by atoms with E-state index in [1.54, 1.807) is 6.92 Å². The van der Waals surface area contributed by atoms with E-state index in [9.17, 15) is 9.59 Å². The Hall–Kier alpha value is -1.77. The summed E-state index contributed by atoms with van der Waals surface area (Å²) in [7, 11) is 0. The normalized spacial score (nSPS) is 22.6. The minimum atomic E-state index is -0.187. The summed E-state index contributed by atoms with van der Waals surface area (Å²) in [6.07, 6.45) is 3.36. The van der Waals surface area contributed by atoms with Crippen LogP contribution in [0.1, 0.15) is 46.7 Å². The molecule has 26 heavy (non-hydrogen) atoms. The van der Waals surface area contributed by atoms with Crippen molar-refractivity contribution < 1.29 is 14.3 Å². The van der Waals surface area contributed by atoms with Crippen LogP contribution in [0.2, 0.25) is 0 Å². The molecule has 0 aromatic carbocycles. The summed E-state index contributed by atoms with van der Waals surface area (Å²) in [6, 6.07) is 0.0759. The number of H-pyrrole nitrogens is 1. The molecule has 140 valence electrons. The van der Waals surface area contributed by atoms with Gasteiger partial charge in [0.2, 0.25) is 0 Å². The molecule has 2 aromatic heterocycles. The fourth-order valence-corrected chi connectivity index (χ4v) is 5.09. The van der Waals surface area contributed by atoms with Crippen molar-refractivity contribution in [2.45, 2.75) is 51.2 Å².